The number of para-hydroxylation sites is 1. The largest absolute Gasteiger partial charge is 0.367 e. The van der Waals surface area contributed by atoms with E-state index in [0.717, 1.165) is 28.9 Å². The van der Waals surface area contributed by atoms with Crippen molar-refractivity contribution in [3.63, 3.8) is 0 Å². The highest BCUT2D eigenvalue weighted by Gasteiger charge is 2.21. The van der Waals surface area contributed by atoms with Crippen LogP contribution in [-0.2, 0) is 0 Å². The molecule has 6 nitrogen and oxygen atoms in total. The Balaban J connectivity index is 1.47. The second kappa shape index (κ2) is 6.78. The summed E-state index contributed by atoms with van der Waals surface area (Å²) in [6.07, 6.45) is 5.92. The van der Waals surface area contributed by atoms with Crippen molar-refractivity contribution >= 4 is 34.0 Å². The first kappa shape index (κ1) is 17.0. The number of anilines is 3. The maximum absolute atomic E-state index is 4.65. The molecule has 1 unspecified atom stereocenters. The van der Waals surface area contributed by atoms with Gasteiger partial charge in [0.15, 0.2) is 5.65 Å². The molecule has 28 heavy (non-hydrogen) atoms. The minimum absolute atomic E-state index is 0.561. The van der Waals surface area contributed by atoms with Gasteiger partial charge in [-0.05, 0) is 62.9 Å². The van der Waals surface area contributed by atoms with Gasteiger partial charge in [-0.2, -0.15) is 4.98 Å². The summed E-state index contributed by atoms with van der Waals surface area (Å²) in [6.45, 7) is 5.57. The molecule has 1 atom stereocenters. The van der Waals surface area contributed by atoms with Crippen molar-refractivity contribution in [2.75, 3.05) is 16.8 Å². The maximum atomic E-state index is 4.65. The number of aryl methyl sites for hydroxylation is 1. The van der Waals surface area contributed by atoms with E-state index in [1.165, 1.54) is 30.5 Å². The molecule has 0 amide bonds. The third-order valence-electron chi connectivity index (χ3n) is 5.60. The van der Waals surface area contributed by atoms with Crippen molar-refractivity contribution in [2.45, 2.75) is 39.2 Å². The van der Waals surface area contributed by atoms with Gasteiger partial charge in [-0.15, -0.1) is 5.10 Å². The van der Waals surface area contributed by atoms with Gasteiger partial charge in [0.1, 0.15) is 5.82 Å². The third-order valence-corrected chi connectivity index (χ3v) is 5.60. The van der Waals surface area contributed by atoms with Gasteiger partial charge in [-0.3, -0.25) is 0 Å². The van der Waals surface area contributed by atoms with Crippen LogP contribution >= 0.6 is 0 Å². The number of nitrogens with one attached hydrogen (secondary N) is 1. The van der Waals surface area contributed by atoms with Crippen molar-refractivity contribution < 1.29 is 0 Å². The highest BCUT2D eigenvalue weighted by atomic mass is 15.4. The Kier molecular flexibility index (Phi) is 4.11. The van der Waals surface area contributed by atoms with E-state index in [-0.39, 0.29) is 0 Å². The van der Waals surface area contributed by atoms with Gasteiger partial charge in [0.05, 0.1) is 17.4 Å². The molecule has 1 aromatic carbocycles. The lowest BCUT2D eigenvalue weighted by Gasteiger charge is -2.36. The third kappa shape index (κ3) is 3.05. The Labute approximate surface area is 164 Å². The molecule has 5 rings (SSSR count). The first-order valence-electron chi connectivity index (χ1n) is 9.94. The van der Waals surface area contributed by atoms with Crippen LogP contribution in [0.1, 0.15) is 31.7 Å². The molecule has 4 aromatic rings. The second-order valence-electron chi connectivity index (χ2n) is 7.63. The van der Waals surface area contributed by atoms with Crippen LogP contribution in [0.25, 0.3) is 16.6 Å². The van der Waals surface area contributed by atoms with E-state index in [1.807, 2.05) is 28.8 Å². The number of rotatable bonds is 3. The summed E-state index contributed by atoms with van der Waals surface area (Å²) < 4.78 is 1.87. The Morgan fingerprint density at radius 1 is 1.07 bits per heavy atom. The minimum atomic E-state index is 0.561. The Morgan fingerprint density at radius 2 is 1.96 bits per heavy atom. The topological polar surface area (TPSA) is 58.4 Å². The summed E-state index contributed by atoms with van der Waals surface area (Å²) in [4.78, 5) is 11.8. The van der Waals surface area contributed by atoms with Gasteiger partial charge in [-0.1, -0.05) is 18.2 Å². The van der Waals surface area contributed by atoms with Crippen LogP contribution in [0.2, 0.25) is 0 Å². The van der Waals surface area contributed by atoms with Crippen molar-refractivity contribution in [1.29, 1.82) is 0 Å². The molecule has 0 aliphatic carbocycles. The smallest absolute Gasteiger partial charge is 0.248 e. The Bertz CT molecular complexity index is 1150. The maximum Gasteiger partial charge on any atom is 0.248 e. The molecule has 1 saturated heterocycles. The monoisotopic (exact) mass is 372 g/mol. The molecule has 1 fully saturated rings. The number of benzene rings is 1. The lowest BCUT2D eigenvalue weighted by molar-refractivity contribution is 0.483. The van der Waals surface area contributed by atoms with Gasteiger partial charge in [0.25, 0.3) is 0 Å². The summed E-state index contributed by atoms with van der Waals surface area (Å²) in [5.74, 6) is 1.31. The van der Waals surface area contributed by atoms with Gasteiger partial charge >= 0.3 is 0 Å². The fraction of sp³-hybridized carbons (Fsp3) is 0.318. The zero-order valence-electron chi connectivity index (χ0n) is 16.3. The molecule has 6 heteroatoms. The summed E-state index contributed by atoms with van der Waals surface area (Å²) in [6, 6.07) is 14.8. The van der Waals surface area contributed by atoms with Crippen molar-refractivity contribution in [3.05, 3.63) is 54.2 Å². The summed E-state index contributed by atoms with van der Waals surface area (Å²) in [5.41, 5.74) is 4.28. The van der Waals surface area contributed by atoms with Crippen LogP contribution in [0, 0.1) is 6.92 Å². The molecule has 0 saturated carbocycles. The van der Waals surface area contributed by atoms with E-state index >= 15 is 0 Å². The normalized spacial score (nSPS) is 17.4. The lowest BCUT2D eigenvalue weighted by Crippen LogP contribution is -2.38. The average molecular weight is 372 g/mol. The Morgan fingerprint density at radius 3 is 2.86 bits per heavy atom. The van der Waals surface area contributed by atoms with Crippen molar-refractivity contribution in [2.24, 2.45) is 0 Å². The number of nitrogens with zero attached hydrogens (tertiary/aromatic N) is 5. The standard InChI is InChI=1S/C22H24N6/c1-15-13-21-25-22(24-20-11-10-17-8-3-4-9-18(17)23-20)26-28(21)14-19(15)27-12-6-5-7-16(27)2/h3-4,8-11,13-14,16H,5-7,12H2,1-2H3,(H,23,24,26). The van der Waals surface area contributed by atoms with Gasteiger partial charge in [0.2, 0.25) is 5.95 Å². The van der Waals surface area contributed by atoms with E-state index in [0.29, 0.717) is 12.0 Å². The quantitative estimate of drug-likeness (QED) is 0.564. The molecule has 0 spiro atoms. The highest BCUT2D eigenvalue weighted by Crippen LogP contribution is 2.28. The summed E-state index contributed by atoms with van der Waals surface area (Å²) in [5, 5.41) is 9.00. The first-order chi connectivity index (χ1) is 13.7. The van der Waals surface area contributed by atoms with Gasteiger partial charge in [0, 0.05) is 18.0 Å². The molecular formula is C22H24N6. The molecule has 0 bridgehead atoms. The van der Waals surface area contributed by atoms with Crippen LogP contribution in [0.3, 0.4) is 0 Å². The predicted octanol–water partition coefficient (Wildman–Crippen LogP) is 4.71. The zero-order valence-corrected chi connectivity index (χ0v) is 16.3. The minimum Gasteiger partial charge on any atom is -0.367 e. The zero-order chi connectivity index (χ0) is 19.1. The van der Waals surface area contributed by atoms with E-state index in [2.05, 4.69) is 63.5 Å². The summed E-state index contributed by atoms with van der Waals surface area (Å²) in [7, 11) is 0. The van der Waals surface area contributed by atoms with Crippen molar-refractivity contribution in [3.8, 4) is 0 Å². The lowest BCUT2D eigenvalue weighted by atomic mass is 10.0. The molecular weight excluding hydrogens is 348 g/mol. The van der Waals surface area contributed by atoms with Crippen LogP contribution in [0.4, 0.5) is 17.5 Å². The number of hydrogen-bond donors (Lipinski definition) is 1. The number of pyridine rings is 2. The first-order valence-corrected chi connectivity index (χ1v) is 9.94. The molecule has 142 valence electrons. The van der Waals surface area contributed by atoms with E-state index in [4.69, 9.17) is 0 Å². The fourth-order valence-corrected chi connectivity index (χ4v) is 4.07. The number of piperidine rings is 1. The fourth-order valence-electron chi connectivity index (χ4n) is 4.07. The summed E-state index contributed by atoms with van der Waals surface area (Å²) >= 11 is 0. The van der Waals surface area contributed by atoms with Crippen LogP contribution in [0.15, 0.2) is 48.7 Å². The van der Waals surface area contributed by atoms with Gasteiger partial charge in [-0.25, -0.2) is 9.50 Å². The molecule has 1 N–H and O–H groups in total. The molecule has 4 heterocycles. The van der Waals surface area contributed by atoms with E-state index < -0.39 is 0 Å². The molecule has 1 aliphatic heterocycles. The molecule has 0 radical (unpaired) electrons. The van der Waals surface area contributed by atoms with Crippen LogP contribution in [-0.4, -0.2) is 32.2 Å². The predicted molar refractivity (Wildman–Crippen MR) is 113 cm³/mol. The number of fused-ring (bicyclic) bond motifs is 2. The average Bonchev–Trinajstić information content (AvgIpc) is 3.08. The second-order valence-corrected chi connectivity index (χ2v) is 7.63. The highest BCUT2D eigenvalue weighted by molar-refractivity contribution is 5.80. The molecule has 1 aliphatic rings. The Hall–Kier alpha value is -3.15. The van der Waals surface area contributed by atoms with Crippen LogP contribution in [0.5, 0.6) is 0 Å². The SMILES string of the molecule is Cc1cc2nc(Nc3ccc4ccccc4n3)nn2cc1N1CCCCC1C. The van der Waals surface area contributed by atoms with Gasteiger partial charge < -0.3 is 10.2 Å². The number of aromatic nitrogens is 4. The van der Waals surface area contributed by atoms with E-state index in [9.17, 15) is 0 Å². The molecule has 3 aromatic heterocycles. The number of hydrogen-bond acceptors (Lipinski definition) is 5. The van der Waals surface area contributed by atoms with E-state index in [1.54, 1.807) is 0 Å². The van der Waals surface area contributed by atoms with Crippen LogP contribution < -0.4 is 10.2 Å². The van der Waals surface area contributed by atoms with Crippen molar-refractivity contribution in [1.82, 2.24) is 19.6 Å².